The molecular formula is C29H43F2N7O3. The van der Waals surface area contributed by atoms with Crippen molar-refractivity contribution in [1.82, 2.24) is 20.0 Å². The fraction of sp³-hybridized carbons (Fsp3) is 0.655. The first-order chi connectivity index (χ1) is 19.6. The molecule has 0 spiro atoms. The predicted octanol–water partition coefficient (Wildman–Crippen LogP) is 2.09. The number of carboxylic acid groups (broad SMARTS) is 1. The topological polar surface area (TPSA) is 138 Å². The number of allylic oxidation sites excluding steroid dienone is 3. The monoisotopic (exact) mass is 575 g/mol. The predicted molar refractivity (Wildman–Crippen MR) is 154 cm³/mol. The van der Waals surface area contributed by atoms with Gasteiger partial charge in [-0.25, -0.2) is 8.78 Å². The number of fused-ring (bicyclic) bond motifs is 1. The van der Waals surface area contributed by atoms with Crippen LogP contribution in [0.5, 0.6) is 0 Å². The van der Waals surface area contributed by atoms with Crippen molar-refractivity contribution in [2.75, 3.05) is 46.3 Å². The Bertz CT molecular complexity index is 1110. The van der Waals surface area contributed by atoms with Crippen LogP contribution in [0.25, 0.3) is 0 Å². The number of nitrogens with one attached hydrogen (secondary N) is 2. The molecule has 4 atom stereocenters. The van der Waals surface area contributed by atoms with Crippen molar-refractivity contribution >= 4 is 23.9 Å². The summed E-state index contributed by atoms with van der Waals surface area (Å²) in [6.07, 6.45) is 7.50. The second kappa shape index (κ2) is 13.7. The summed E-state index contributed by atoms with van der Waals surface area (Å²) < 4.78 is 28.7. The number of likely N-dealkylation sites (tertiary alicyclic amines) is 3. The average Bonchev–Trinajstić information content (AvgIpc) is 2.95. The van der Waals surface area contributed by atoms with Crippen molar-refractivity contribution in [3.05, 3.63) is 35.1 Å². The third kappa shape index (κ3) is 7.21. The molecule has 0 aromatic heterocycles. The molecule has 0 bridgehead atoms. The number of amidine groups is 1. The molecule has 0 aromatic carbocycles. The number of amides is 1. The van der Waals surface area contributed by atoms with E-state index in [9.17, 15) is 23.8 Å². The van der Waals surface area contributed by atoms with Crippen LogP contribution in [0.15, 0.2) is 40.1 Å². The number of carbonyl (C=O) groups excluding carboxylic acids is 1. The number of alkyl halides is 2. The Labute approximate surface area is 240 Å². The molecule has 4 rings (SSSR count). The molecule has 3 fully saturated rings. The zero-order valence-corrected chi connectivity index (χ0v) is 23.9. The van der Waals surface area contributed by atoms with Crippen LogP contribution in [0.2, 0.25) is 0 Å². The van der Waals surface area contributed by atoms with E-state index in [-0.39, 0.29) is 48.0 Å². The molecule has 5 N–H and O–H groups in total. The van der Waals surface area contributed by atoms with E-state index in [1.807, 2.05) is 15.9 Å². The highest BCUT2D eigenvalue weighted by Crippen LogP contribution is 2.39. The number of nitrogens with two attached hydrogens (primary N) is 1. The second-order valence-electron chi connectivity index (χ2n) is 11.5. The molecule has 226 valence electrons. The number of nitrogens with zero attached hydrogens (tertiary/aromatic N) is 4. The van der Waals surface area contributed by atoms with Crippen molar-refractivity contribution in [1.29, 1.82) is 5.41 Å². The number of carboxylic acids is 1. The Morgan fingerprint density at radius 1 is 1.20 bits per heavy atom. The van der Waals surface area contributed by atoms with Gasteiger partial charge in [-0.1, -0.05) is 12.2 Å². The van der Waals surface area contributed by atoms with Gasteiger partial charge in [-0.2, -0.15) is 0 Å². The summed E-state index contributed by atoms with van der Waals surface area (Å²) in [7, 11) is 1.57. The van der Waals surface area contributed by atoms with Gasteiger partial charge < -0.3 is 26.0 Å². The third-order valence-corrected chi connectivity index (χ3v) is 8.89. The molecule has 0 radical (unpaired) electrons. The van der Waals surface area contributed by atoms with Crippen LogP contribution < -0.4 is 11.1 Å². The average molecular weight is 576 g/mol. The van der Waals surface area contributed by atoms with E-state index < -0.39 is 12.4 Å². The zero-order valence-electron chi connectivity index (χ0n) is 23.9. The van der Waals surface area contributed by atoms with Crippen LogP contribution in [-0.4, -0.2) is 115 Å². The van der Waals surface area contributed by atoms with Crippen LogP contribution in [0, 0.1) is 17.2 Å². The zero-order chi connectivity index (χ0) is 29.7. The number of piperidine rings is 3. The van der Waals surface area contributed by atoms with Crippen molar-refractivity contribution in [3.8, 4) is 0 Å². The maximum absolute atomic E-state index is 14.3. The van der Waals surface area contributed by atoms with E-state index >= 15 is 0 Å². The van der Waals surface area contributed by atoms with Crippen molar-refractivity contribution < 1.29 is 23.5 Å². The van der Waals surface area contributed by atoms with Gasteiger partial charge in [-0.15, -0.1) is 0 Å². The number of aliphatic carboxylic acids is 1. The summed E-state index contributed by atoms with van der Waals surface area (Å²) in [4.78, 5) is 33.1. The van der Waals surface area contributed by atoms with Crippen LogP contribution in [0.3, 0.4) is 0 Å². The smallest absolute Gasteiger partial charge is 0.317 e. The number of rotatable bonds is 8. The van der Waals surface area contributed by atoms with Crippen LogP contribution >= 0.6 is 0 Å². The molecule has 0 saturated carbocycles. The number of aliphatic imine (C=N–C) groups is 1. The van der Waals surface area contributed by atoms with Gasteiger partial charge in [0.2, 0.25) is 5.91 Å². The highest BCUT2D eigenvalue weighted by Gasteiger charge is 2.42. The summed E-state index contributed by atoms with van der Waals surface area (Å²) in [6.45, 7) is 4.52. The molecule has 41 heavy (non-hydrogen) atoms. The van der Waals surface area contributed by atoms with Gasteiger partial charge in [0.05, 0.1) is 12.6 Å². The summed E-state index contributed by atoms with van der Waals surface area (Å²) >= 11 is 0. The van der Waals surface area contributed by atoms with Crippen molar-refractivity contribution in [2.24, 2.45) is 22.6 Å². The van der Waals surface area contributed by atoms with E-state index in [1.165, 1.54) is 19.3 Å². The fourth-order valence-electron chi connectivity index (χ4n) is 6.78. The molecular weight excluding hydrogens is 532 g/mol. The lowest BCUT2D eigenvalue weighted by Crippen LogP contribution is -2.60. The number of hydrogen-bond acceptors (Lipinski definition) is 7. The molecule has 4 unspecified atom stereocenters. The summed E-state index contributed by atoms with van der Waals surface area (Å²) in [5, 5.41) is 22.2. The lowest BCUT2D eigenvalue weighted by Gasteiger charge is -2.48. The maximum Gasteiger partial charge on any atom is 0.317 e. The largest absolute Gasteiger partial charge is 0.480 e. The summed E-state index contributed by atoms with van der Waals surface area (Å²) in [5.41, 5.74) is 6.53. The first-order valence-corrected chi connectivity index (χ1v) is 14.5. The Balaban J connectivity index is 1.55. The Morgan fingerprint density at radius 2 is 1.93 bits per heavy atom. The highest BCUT2D eigenvalue weighted by atomic mass is 19.3. The van der Waals surface area contributed by atoms with Gasteiger partial charge in [0.15, 0.2) is 0 Å². The van der Waals surface area contributed by atoms with Gasteiger partial charge in [0.25, 0.3) is 6.43 Å². The number of carbonyl (C=O) groups is 2. The summed E-state index contributed by atoms with van der Waals surface area (Å²) in [6, 6.07) is -0.241. The van der Waals surface area contributed by atoms with Gasteiger partial charge >= 0.3 is 5.97 Å². The minimum absolute atomic E-state index is 0.0343. The Morgan fingerprint density at radius 3 is 2.54 bits per heavy atom. The van der Waals surface area contributed by atoms with Crippen LogP contribution in [0.1, 0.15) is 39.0 Å². The molecule has 3 saturated heterocycles. The standard InChI is InChI=1S/C29H43F2N7O3/c1-18(39)37-11-7-25(35-21-5-9-36(10-6-21)17-27(40)41)24(16-37)29(33)38-8-3-4-19-12-22(20(14-32)15-34-2)23(28(30)31)13-26(19)38/h12-15,19,21,24-26,28,33,35H,3-11,16-17,32H2,1-2H3,(H,40,41). The third-order valence-electron chi connectivity index (χ3n) is 8.89. The first-order valence-electron chi connectivity index (χ1n) is 14.5. The van der Waals surface area contributed by atoms with Crippen molar-refractivity contribution in [2.45, 2.75) is 63.6 Å². The van der Waals surface area contributed by atoms with E-state index in [4.69, 9.17) is 10.8 Å². The summed E-state index contributed by atoms with van der Waals surface area (Å²) in [5.74, 6) is -0.839. The van der Waals surface area contributed by atoms with Crippen LogP contribution in [-0.2, 0) is 9.59 Å². The van der Waals surface area contributed by atoms with Gasteiger partial charge in [-0.05, 0) is 37.7 Å². The van der Waals surface area contributed by atoms with Crippen LogP contribution in [0.4, 0.5) is 8.78 Å². The number of hydrogen-bond donors (Lipinski definition) is 4. The molecule has 4 aliphatic rings. The molecule has 10 nitrogen and oxygen atoms in total. The van der Waals surface area contributed by atoms with Gasteiger partial charge in [0, 0.05) is 94.2 Å². The molecule has 1 aliphatic carbocycles. The van der Waals surface area contributed by atoms with E-state index in [1.54, 1.807) is 18.0 Å². The molecule has 1 amide bonds. The molecule has 12 heteroatoms. The number of halogens is 2. The van der Waals surface area contributed by atoms with E-state index in [0.29, 0.717) is 56.1 Å². The Kier molecular flexibility index (Phi) is 10.3. The SMILES string of the molecule is CN=CC(=CN)C1=CC2CCCN(C(=N)C3CN(C(C)=O)CCC3NC3CCN(CC(=O)O)CC3)C2C=C1C(F)F. The lowest BCUT2D eigenvalue weighted by atomic mass is 9.78. The molecule has 3 heterocycles. The molecule has 3 aliphatic heterocycles. The highest BCUT2D eigenvalue weighted by molar-refractivity contribution is 5.88. The normalized spacial score (nSPS) is 28.5. The van der Waals surface area contributed by atoms with Crippen molar-refractivity contribution in [3.63, 3.8) is 0 Å². The Hall–Kier alpha value is -3.12. The second-order valence-corrected chi connectivity index (χ2v) is 11.5. The maximum atomic E-state index is 14.3. The van der Waals surface area contributed by atoms with E-state index in [0.717, 1.165) is 25.7 Å². The molecule has 0 aromatic rings. The quantitative estimate of drug-likeness (QED) is 0.257. The van der Waals surface area contributed by atoms with E-state index in [2.05, 4.69) is 10.3 Å². The van der Waals surface area contributed by atoms with Gasteiger partial charge in [-0.3, -0.25) is 24.9 Å². The fourth-order valence-corrected chi connectivity index (χ4v) is 6.78. The lowest BCUT2D eigenvalue weighted by molar-refractivity contribution is -0.138. The van der Waals surface area contributed by atoms with Gasteiger partial charge in [0.1, 0.15) is 5.84 Å². The first kappa shape index (κ1) is 30.8. The minimum Gasteiger partial charge on any atom is -0.480 e. The minimum atomic E-state index is -2.70.